The van der Waals surface area contributed by atoms with Crippen LogP contribution in [-0.4, -0.2) is 80.3 Å². The highest BCUT2D eigenvalue weighted by Crippen LogP contribution is 2.37. The highest BCUT2D eigenvalue weighted by Gasteiger charge is 2.45. The molecule has 0 aromatic heterocycles. The van der Waals surface area contributed by atoms with Crippen LogP contribution in [0.15, 0.2) is 0 Å². The van der Waals surface area contributed by atoms with E-state index in [2.05, 4.69) is 30.9 Å². The van der Waals surface area contributed by atoms with E-state index < -0.39 is 5.79 Å². The molecular weight excluding hydrogens is 244 g/mol. The van der Waals surface area contributed by atoms with E-state index in [0.717, 1.165) is 38.8 Å². The van der Waals surface area contributed by atoms with E-state index >= 15 is 0 Å². The van der Waals surface area contributed by atoms with Crippen molar-refractivity contribution < 1.29 is 14.6 Å². The van der Waals surface area contributed by atoms with Gasteiger partial charge < -0.3 is 24.4 Å². The number of aliphatic hydroxyl groups is 1. The van der Waals surface area contributed by atoms with Crippen LogP contribution in [-0.2, 0) is 9.47 Å². The Labute approximate surface area is 116 Å². The number of aliphatic hydroxyl groups excluding tert-OH is 1. The van der Waals surface area contributed by atoms with E-state index in [4.69, 9.17) is 9.47 Å². The molecule has 5 nitrogen and oxygen atoms in total. The van der Waals surface area contributed by atoms with E-state index in [9.17, 15) is 5.11 Å². The fourth-order valence-corrected chi connectivity index (χ4v) is 3.13. The Kier molecular flexibility index (Phi) is 5.20. The molecule has 2 unspecified atom stereocenters. The highest BCUT2D eigenvalue weighted by atomic mass is 16.7. The Bertz CT molecular complexity index is 280. The summed E-state index contributed by atoms with van der Waals surface area (Å²) in [7, 11) is 6.27. The third-order valence-electron chi connectivity index (χ3n) is 4.28. The normalized spacial score (nSPS) is 30.6. The summed E-state index contributed by atoms with van der Waals surface area (Å²) in [6, 6.07) is 0.147. The average Bonchev–Trinajstić information content (AvgIpc) is 2.80. The van der Waals surface area contributed by atoms with Gasteiger partial charge in [-0.2, -0.15) is 0 Å². The third-order valence-corrected chi connectivity index (χ3v) is 4.28. The number of likely N-dealkylation sites (N-methyl/N-ethyl adjacent to an activating group) is 1. The monoisotopic (exact) mass is 272 g/mol. The van der Waals surface area contributed by atoms with Gasteiger partial charge in [-0.25, -0.2) is 0 Å². The Morgan fingerprint density at radius 1 is 1.16 bits per heavy atom. The first kappa shape index (κ1) is 15.2. The molecule has 2 rings (SSSR count). The first-order chi connectivity index (χ1) is 9.02. The molecule has 0 radical (unpaired) electrons. The first-order valence-corrected chi connectivity index (χ1v) is 7.33. The number of ether oxygens (including phenoxy) is 2. The SMILES string of the molecule is CN(C)CCCN(C)C1CC2(CCC1O)OCCO2. The maximum Gasteiger partial charge on any atom is 0.170 e. The number of nitrogens with zero attached hydrogens (tertiary/aromatic N) is 2. The second-order valence-corrected chi connectivity index (χ2v) is 6.12. The number of hydrogen-bond acceptors (Lipinski definition) is 5. The van der Waals surface area contributed by atoms with Crippen LogP contribution in [0.25, 0.3) is 0 Å². The molecule has 2 atom stereocenters. The molecule has 2 aliphatic rings. The summed E-state index contributed by atoms with van der Waals surface area (Å²) in [5.41, 5.74) is 0. The lowest BCUT2D eigenvalue weighted by atomic mass is 9.86. The molecule has 1 saturated heterocycles. The van der Waals surface area contributed by atoms with Gasteiger partial charge in [0.1, 0.15) is 0 Å². The van der Waals surface area contributed by atoms with Crippen molar-refractivity contribution in [3.8, 4) is 0 Å². The first-order valence-electron chi connectivity index (χ1n) is 7.33. The van der Waals surface area contributed by atoms with Gasteiger partial charge in [-0.1, -0.05) is 0 Å². The smallest absolute Gasteiger partial charge is 0.170 e. The highest BCUT2D eigenvalue weighted by molar-refractivity contribution is 4.92. The van der Waals surface area contributed by atoms with Crippen molar-refractivity contribution in [2.75, 3.05) is 47.4 Å². The summed E-state index contributed by atoms with van der Waals surface area (Å²) in [6.45, 7) is 3.45. The predicted octanol–water partition coefficient (Wildman–Crippen LogP) is 0.526. The van der Waals surface area contributed by atoms with Crippen LogP contribution >= 0.6 is 0 Å². The summed E-state index contributed by atoms with van der Waals surface area (Å²) in [6.07, 6.45) is 3.22. The summed E-state index contributed by atoms with van der Waals surface area (Å²) < 4.78 is 11.6. The van der Waals surface area contributed by atoms with Crippen molar-refractivity contribution in [1.29, 1.82) is 0 Å². The molecule has 112 valence electrons. The van der Waals surface area contributed by atoms with Gasteiger partial charge in [0.2, 0.25) is 0 Å². The molecule has 19 heavy (non-hydrogen) atoms. The van der Waals surface area contributed by atoms with E-state index in [1.54, 1.807) is 0 Å². The van der Waals surface area contributed by atoms with Crippen molar-refractivity contribution in [1.82, 2.24) is 9.80 Å². The van der Waals surface area contributed by atoms with Gasteiger partial charge in [0.05, 0.1) is 19.3 Å². The van der Waals surface area contributed by atoms with Crippen molar-refractivity contribution in [2.24, 2.45) is 0 Å². The van der Waals surface area contributed by atoms with Crippen LogP contribution in [0.3, 0.4) is 0 Å². The number of rotatable bonds is 5. The molecular formula is C14H28N2O3. The molecule has 1 spiro atoms. The Morgan fingerprint density at radius 3 is 2.47 bits per heavy atom. The fourth-order valence-electron chi connectivity index (χ4n) is 3.13. The molecule has 1 heterocycles. The second-order valence-electron chi connectivity index (χ2n) is 6.12. The quantitative estimate of drug-likeness (QED) is 0.791. The molecule has 1 aliphatic carbocycles. The fraction of sp³-hybridized carbons (Fsp3) is 1.00. The van der Waals surface area contributed by atoms with Crippen LogP contribution in [0.2, 0.25) is 0 Å². The predicted molar refractivity (Wildman–Crippen MR) is 74.1 cm³/mol. The Morgan fingerprint density at radius 2 is 1.84 bits per heavy atom. The van der Waals surface area contributed by atoms with Gasteiger partial charge in [-0.15, -0.1) is 0 Å². The standard InChI is InChI=1S/C14H28N2O3/c1-15(2)7-4-8-16(3)12-11-14(6-5-13(12)17)18-9-10-19-14/h12-13,17H,4-11H2,1-3H3. The minimum absolute atomic E-state index is 0.147. The molecule has 0 bridgehead atoms. The maximum atomic E-state index is 10.2. The van der Waals surface area contributed by atoms with Gasteiger partial charge in [-0.3, -0.25) is 0 Å². The molecule has 1 aliphatic heterocycles. The Hall–Kier alpha value is -0.200. The van der Waals surface area contributed by atoms with Crippen LogP contribution < -0.4 is 0 Å². The largest absolute Gasteiger partial charge is 0.391 e. The van der Waals surface area contributed by atoms with Crippen molar-refractivity contribution in [3.63, 3.8) is 0 Å². The molecule has 1 N–H and O–H groups in total. The van der Waals surface area contributed by atoms with Crippen LogP contribution in [0, 0.1) is 0 Å². The summed E-state index contributed by atoms with van der Waals surface area (Å²) in [5, 5.41) is 10.2. The summed E-state index contributed by atoms with van der Waals surface area (Å²) >= 11 is 0. The van der Waals surface area contributed by atoms with Crippen LogP contribution in [0.1, 0.15) is 25.7 Å². The van der Waals surface area contributed by atoms with Crippen molar-refractivity contribution in [2.45, 2.75) is 43.6 Å². The van der Waals surface area contributed by atoms with Crippen molar-refractivity contribution >= 4 is 0 Å². The number of hydrogen-bond donors (Lipinski definition) is 1. The molecule has 5 heteroatoms. The topological polar surface area (TPSA) is 45.2 Å². The van der Waals surface area contributed by atoms with Gasteiger partial charge in [0, 0.05) is 18.9 Å². The zero-order valence-electron chi connectivity index (χ0n) is 12.5. The summed E-state index contributed by atoms with van der Waals surface area (Å²) in [5.74, 6) is -0.417. The second kappa shape index (κ2) is 6.50. The zero-order chi connectivity index (χ0) is 13.9. The van der Waals surface area contributed by atoms with E-state index in [0.29, 0.717) is 13.2 Å². The minimum atomic E-state index is -0.417. The van der Waals surface area contributed by atoms with Crippen LogP contribution in [0.4, 0.5) is 0 Å². The average molecular weight is 272 g/mol. The van der Waals surface area contributed by atoms with E-state index in [1.807, 2.05) is 0 Å². The van der Waals surface area contributed by atoms with Gasteiger partial charge in [0.25, 0.3) is 0 Å². The maximum absolute atomic E-state index is 10.2. The molecule has 1 saturated carbocycles. The Balaban J connectivity index is 1.85. The molecule has 0 aromatic rings. The van der Waals surface area contributed by atoms with E-state index in [-0.39, 0.29) is 12.1 Å². The lowest BCUT2D eigenvalue weighted by Crippen LogP contribution is -2.52. The van der Waals surface area contributed by atoms with Gasteiger partial charge in [-0.05, 0) is 47.1 Å². The van der Waals surface area contributed by atoms with E-state index in [1.165, 1.54) is 0 Å². The lowest BCUT2D eigenvalue weighted by Gasteiger charge is -2.43. The van der Waals surface area contributed by atoms with Gasteiger partial charge >= 0.3 is 0 Å². The lowest BCUT2D eigenvalue weighted by molar-refractivity contribution is -0.203. The summed E-state index contributed by atoms with van der Waals surface area (Å²) in [4.78, 5) is 4.45. The van der Waals surface area contributed by atoms with Crippen LogP contribution in [0.5, 0.6) is 0 Å². The molecule has 0 aromatic carbocycles. The van der Waals surface area contributed by atoms with Crippen molar-refractivity contribution in [3.05, 3.63) is 0 Å². The molecule has 2 fully saturated rings. The zero-order valence-corrected chi connectivity index (χ0v) is 12.5. The minimum Gasteiger partial charge on any atom is -0.391 e. The molecule has 0 amide bonds. The van der Waals surface area contributed by atoms with Gasteiger partial charge in [0.15, 0.2) is 5.79 Å². The third kappa shape index (κ3) is 3.89.